The van der Waals surface area contributed by atoms with Crippen molar-refractivity contribution in [2.24, 2.45) is 21.8 Å². The number of nitriles is 1. The minimum Gasteiger partial charge on any atom is -0.492 e. The molecular formula is C59H90N6O7. The number of nitroso groups, excluding NO2 is 1. The maximum atomic E-state index is 12.4. The van der Waals surface area contributed by atoms with E-state index in [1.165, 1.54) is 12.6 Å². The first-order valence-electron chi connectivity index (χ1n) is 25.3. The normalized spacial score (nSPS) is 14.0. The van der Waals surface area contributed by atoms with Gasteiger partial charge in [0.25, 0.3) is 5.91 Å². The number of nitrogens with one attached hydrogen (secondary N) is 1. The maximum Gasteiger partial charge on any atom is 0.255 e. The number of rotatable bonds is 16. The molecule has 1 fully saturated rings. The molecular weight excluding hydrogens is 905 g/mol. The molecule has 0 saturated carbocycles. The van der Waals surface area contributed by atoms with Crippen LogP contribution in [0.2, 0.25) is 0 Å². The van der Waals surface area contributed by atoms with Crippen LogP contribution in [0.3, 0.4) is 0 Å². The summed E-state index contributed by atoms with van der Waals surface area (Å²) in [5.74, 6) is 2.35. The van der Waals surface area contributed by atoms with Crippen molar-refractivity contribution in [3.05, 3.63) is 122 Å². The summed E-state index contributed by atoms with van der Waals surface area (Å²) in [6, 6.07) is 20.1. The molecule has 72 heavy (non-hydrogen) atoms. The number of benzene rings is 3. The van der Waals surface area contributed by atoms with Crippen molar-refractivity contribution in [1.82, 2.24) is 10.2 Å². The zero-order valence-electron chi connectivity index (χ0n) is 46.2. The lowest BCUT2D eigenvalue weighted by Crippen LogP contribution is -2.52. The van der Waals surface area contributed by atoms with Crippen molar-refractivity contribution in [3.63, 3.8) is 0 Å². The summed E-state index contributed by atoms with van der Waals surface area (Å²) in [4.78, 5) is 59.9. The standard InChI is InChI=1S/C34H47N3O2.C15H16N2O3.C4H8O.2C2H6.CH3NO.CH4/c1-10-12-29(37-33(36)24(5)6)22-39-30-15-13-27(14-16-30)34(8,9)28-19-26(21-35)32(38-18-17-23(3)4)31(20-28)25(7)11-2;1-2-9-3-4-11-10(7-9)8-17(15(11)20)12-5-6-13(18)16-14(12)19;1-3-4(2)5;2*1-2;1-2-3;/h10,12-16,19-20,23,25H,11,17-18,22,36H2,1-9H3;3-4,7,12H,2,5-6,8H2,1H3,(H,16,18,19);3H2,1-2H3;2*1-2H3;1H3;1H4/b12-10-,37-29+;;;;;;. The predicted molar refractivity (Wildman–Crippen MR) is 298 cm³/mol. The Morgan fingerprint density at radius 1 is 0.958 bits per heavy atom. The van der Waals surface area contributed by atoms with Gasteiger partial charge in [-0.25, -0.2) is 4.99 Å². The Kier molecular flexibility index (Phi) is 33.5. The lowest BCUT2D eigenvalue weighted by atomic mass is 9.76. The highest BCUT2D eigenvalue weighted by Gasteiger charge is 2.39. The van der Waals surface area contributed by atoms with E-state index in [4.69, 9.17) is 20.1 Å². The molecule has 5 rings (SSSR count). The number of piperidine rings is 1. The molecule has 13 nitrogen and oxygen atoms in total. The summed E-state index contributed by atoms with van der Waals surface area (Å²) in [6.07, 6.45) is 8.04. The third kappa shape index (κ3) is 21.5. The van der Waals surface area contributed by atoms with Gasteiger partial charge in [0.2, 0.25) is 11.8 Å². The second kappa shape index (κ2) is 35.6. The van der Waals surface area contributed by atoms with Crippen molar-refractivity contribution in [3.8, 4) is 17.6 Å². The van der Waals surface area contributed by atoms with Gasteiger partial charge in [0.1, 0.15) is 41.8 Å². The molecule has 398 valence electrons. The van der Waals surface area contributed by atoms with Crippen molar-refractivity contribution in [2.45, 2.75) is 181 Å². The monoisotopic (exact) mass is 995 g/mol. The number of imide groups is 1. The van der Waals surface area contributed by atoms with Crippen LogP contribution in [0.15, 0.2) is 88.3 Å². The molecule has 3 N–H and O–H groups in total. The first kappa shape index (κ1) is 67.7. The Balaban J connectivity index is 0. The quantitative estimate of drug-likeness (QED) is 0.0798. The average Bonchev–Trinajstić information content (AvgIpc) is 3.68. The highest BCUT2D eigenvalue weighted by Crippen LogP contribution is 2.40. The van der Waals surface area contributed by atoms with E-state index in [0.717, 1.165) is 64.3 Å². The summed E-state index contributed by atoms with van der Waals surface area (Å²) < 4.78 is 12.2. The fourth-order valence-electron chi connectivity index (χ4n) is 6.95. The van der Waals surface area contributed by atoms with Gasteiger partial charge in [0.15, 0.2) is 0 Å². The van der Waals surface area contributed by atoms with Gasteiger partial charge in [-0.1, -0.05) is 132 Å². The molecule has 0 aromatic heterocycles. The van der Waals surface area contributed by atoms with Crippen LogP contribution >= 0.6 is 0 Å². The molecule has 0 aliphatic carbocycles. The van der Waals surface area contributed by atoms with Gasteiger partial charge < -0.3 is 24.9 Å². The van der Waals surface area contributed by atoms with E-state index >= 15 is 0 Å². The fourth-order valence-corrected chi connectivity index (χ4v) is 6.95. The minimum atomic E-state index is -0.530. The zero-order valence-corrected chi connectivity index (χ0v) is 46.2. The van der Waals surface area contributed by atoms with Crippen LogP contribution in [0.4, 0.5) is 0 Å². The number of fused-ring (bicyclic) bond motifs is 1. The van der Waals surface area contributed by atoms with Gasteiger partial charge >= 0.3 is 0 Å². The van der Waals surface area contributed by atoms with Crippen molar-refractivity contribution in [2.75, 3.05) is 20.3 Å². The molecule has 3 aromatic rings. The summed E-state index contributed by atoms with van der Waals surface area (Å²) in [7, 11) is 1.19. The van der Waals surface area contributed by atoms with E-state index < -0.39 is 6.04 Å². The molecule has 0 radical (unpaired) electrons. The SMILES string of the molecule is C.C/C=C\C(COc1ccc(C(C)(C)c2cc(C#N)c(OCCC(C)C)c(C(C)CC)c2)cc1)=N/C(N)=C(C)C.CC.CC.CCC(C)=O.CCc1ccc2c(c1)CN(C1CCC(=O)NC1=O)C2=O.CN=O. The average molecular weight is 995 g/mol. The number of hydrogen-bond donors (Lipinski definition) is 2. The number of ketones is 1. The zero-order chi connectivity index (χ0) is 54.4. The van der Waals surface area contributed by atoms with E-state index in [2.05, 4.69) is 88.2 Å². The van der Waals surface area contributed by atoms with Crippen LogP contribution in [-0.2, 0) is 32.8 Å². The van der Waals surface area contributed by atoms with Gasteiger partial charge in [0, 0.05) is 30.4 Å². The van der Waals surface area contributed by atoms with E-state index in [9.17, 15) is 24.4 Å². The van der Waals surface area contributed by atoms with Crippen LogP contribution in [0.5, 0.6) is 11.5 Å². The number of nitrogens with zero attached hydrogens (tertiary/aromatic N) is 4. The van der Waals surface area contributed by atoms with E-state index in [0.29, 0.717) is 55.5 Å². The minimum absolute atomic E-state index is 0. The number of amides is 3. The molecule has 2 aliphatic heterocycles. The number of aliphatic imine (C=N–C) groups is 1. The number of carbonyl (C=O) groups excluding carboxylic acids is 4. The lowest BCUT2D eigenvalue weighted by molar-refractivity contribution is -0.137. The Morgan fingerprint density at radius 3 is 2.04 bits per heavy atom. The summed E-state index contributed by atoms with van der Waals surface area (Å²) in [5, 5.41) is 14.6. The smallest absolute Gasteiger partial charge is 0.255 e. The van der Waals surface area contributed by atoms with Crippen molar-refractivity contribution >= 4 is 29.2 Å². The number of hydrogen-bond acceptors (Lipinski definition) is 11. The number of Topliss-reactive ketones (excluding diaryl/α,β-unsaturated/α-hetero) is 1. The summed E-state index contributed by atoms with van der Waals surface area (Å²) in [6.45, 7) is 33.8. The largest absolute Gasteiger partial charge is 0.492 e. The molecule has 0 bridgehead atoms. The Morgan fingerprint density at radius 2 is 1.56 bits per heavy atom. The van der Waals surface area contributed by atoms with Crippen LogP contribution < -0.4 is 20.5 Å². The number of ether oxygens (including phenoxy) is 2. The predicted octanol–water partition coefficient (Wildman–Crippen LogP) is 13.5. The van der Waals surface area contributed by atoms with Crippen LogP contribution in [0.25, 0.3) is 0 Å². The molecule has 2 unspecified atom stereocenters. The molecule has 3 aromatic carbocycles. The molecule has 2 heterocycles. The summed E-state index contributed by atoms with van der Waals surface area (Å²) >= 11 is 0. The third-order valence-corrected chi connectivity index (χ3v) is 11.6. The molecule has 3 amide bonds. The third-order valence-electron chi connectivity index (χ3n) is 11.6. The van der Waals surface area contributed by atoms with Crippen molar-refractivity contribution < 1.29 is 28.7 Å². The Hall–Kier alpha value is -6.42. The van der Waals surface area contributed by atoms with Gasteiger partial charge in [-0.3, -0.25) is 19.7 Å². The van der Waals surface area contributed by atoms with E-state index in [1.807, 2.05) is 104 Å². The number of carbonyl (C=O) groups is 4. The molecule has 1 saturated heterocycles. The van der Waals surface area contributed by atoms with E-state index in [1.54, 1.807) is 11.8 Å². The lowest BCUT2D eigenvalue weighted by Gasteiger charge is -2.29. The topological polar surface area (TPSA) is 194 Å². The highest BCUT2D eigenvalue weighted by molar-refractivity contribution is 6.05. The van der Waals surface area contributed by atoms with Crippen LogP contribution in [0.1, 0.15) is 200 Å². The first-order chi connectivity index (χ1) is 33.7. The molecule has 2 atom stereocenters. The fraction of sp³-hybridized carbons (Fsp3) is 0.525. The van der Waals surface area contributed by atoms with Crippen molar-refractivity contribution in [1.29, 1.82) is 5.26 Å². The molecule has 2 aliphatic rings. The second-order valence-corrected chi connectivity index (χ2v) is 17.8. The summed E-state index contributed by atoms with van der Waals surface area (Å²) in [5.41, 5.74) is 14.2. The van der Waals surface area contributed by atoms with Crippen LogP contribution in [-0.4, -0.2) is 60.4 Å². The van der Waals surface area contributed by atoms with Gasteiger partial charge in [-0.15, -0.1) is 0 Å². The van der Waals surface area contributed by atoms with Gasteiger partial charge in [-0.05, 0) is 129 Å². The first-order valence-corrected chi connectivity index (χ1v) is 25.3. The maximum absolute atomic E-state index is 12.4. The number of allylic oxidation sites excluding steroid dienone is 2. The molecule has 0 spiro atoms. The highest BCUT2D eigenvalue weighted by atomic mass is 16.5. The number of nitrogens with two attached hydrogens (primary N) is 1. The van der Waals surface area contributed by atoms with E-state index in [-0.39, 0.29) is 48.7 Å². The second-order valence-electron chi connectivity index (χ2n) is 17.8. The Bertz CT molecular complexity index is 2300. The Labute approximate surface area is 434 Å². The van der Waals surface area contributed by atoms with Gasteiger partial charge in [-0.2, -0.15) is 10.2 Å². The number of aryl methyl sites for hydroxylation is 1. The molecule has 13 heteroatoms. The van der Waals surface area contributed by atoms with Gasteiger partial charge in [0.05, 0.1) is 24.9 Å². The van der Waals surface area contributed by atoms with Crippen LogP contribution in [0, 0.1) is 22.2 Å².